The summed E-state index contributed by atoms with van der Waals surface area (Å²) in [7, 11) is 1.79. The van der Waals surface area contributed by atoms with Gasteiger partial charge in [0.05, 0.1) is 5.69 Å². The molecule has 0 saturated heterocycles. The number of phenolic OH excluding ortho intramolecular Hbond substituents is 1. The predicted molar refractivity (Wildman–Crippen MR) is 114 cm³/mol. The van der Waals surface area contributed by atoms with Crippen LogP contribution < -0.4 is 5.73 Å². The summed E-state index contributed by atoms with van der Waals surface area (Å²) < 4.78 is 2.23. The van der Waals surface area contributed by atoms with Gasteiger partial charge >= 0.3 is 0 Å². The number of hydrogen-bond donors (Lipinski definition) is 2. The lowest BCUT2D eigenvalue weighted by atomic mass is 10.2. The standard InChI is InChI=1S/C13H22N2OS.C7H9NO/c1-5-7-8-9-13(3)17-15(6-2)11-10-14(4)12-16;1-5-3-2-4-6(8)7(5)9/h5,7-9,12H,1,6,10-11H2,2-4H3;2-4,9H,8H2,1H3/b8-7-,13-9+;. The zero-order valence-corrected chi connectivity index (χ0v) is 17.0. The molecule has 0 bridgehead atoms. The average Bonchev–Trinajstić information content (AvgIpc) is 2.63. The zero-order chi connectivity index (χ0) is 19.9. The van der Waals surface area contributed by atoms with Gasteiger partial charge in [-0.05, 0) is 42.3 Å². The van der Waals surface area contributed by atoms with Crippen molar-refractivity contribution in [2.24, 2.45) is 0 Å². The zero-order valence-electron chi connectivity index (χ0n) is 16.2. The molecule has 0 aliphatic heterocycles. The number of para-hydroxylation sites is 1. The Morgan fingerprint density at radius 2 is 2.04 bits per heavy atom. The van der Waals surface area contributed by atoms with Crippen molar-refractivity contribution in [3.05, 3.63) is 59.6 Å². The van der Waals surface area contributed by atoms with E-state index in [4.69, 9.17) is 10.8 Å². The monoisotopic (exact) mass is 377 g/mol. The van der Waals surface area contributed by atoms with Gasteiger partial charge in [-0.25, -0.2) is 4.31 Å². The Bertz CT molecular complexity index is 595. The Morgan fingerprint density at radius 3 is 2.54 bits per heavy atom. The van der Waals surface area contributed by atoms with E-state index in [2.05, 4.69) is 30.8 Å². The fourth-order valence-corrected chi connectivity index (χ4v) is 2.62. The highest BCUT2D eigenvalue weighted by atomic mass is 32.2. The molecule has 0 unspecified atom stereocenters. The van der Waals surface area contributed by atoms with E-state index in [-0.39, 0.29) is 5.75 Å². The molecule has 6 heteroatoms. The predicted octanol–water partition coefficient (Wildman–Crippen LogP) is 3.97. The largest absolute Gasteiger partial charge is 0.506 e. The van der Waals surface area contributed by atoms with Crippen LogP contribution in [0.5, 0.6) is 5.75 Å². The average molecular weight is 378 g/mol. The van der Waals surface area contributed by atoms with Gasteiger partial charge in [0, 0.05) is 26.7 Å². The Hall–Kier alpha value is -2.18. The number of aryl methyl sites for hydroxylation is 1. The minimum atomic E-state index is 0.192. The molecule has 0 heterocycles. The van der Waals surface area contributed by atoms with E-state index in [1.807, 2.05) is 31.2 Å². The van der Waals surface area contributed by atoms with Crippen LogP contribution in [0.1, 0.15) is 19.4 Å². The summed E-state index contributed by atoms with van der Waals surface area (Å²) in [6.45, 7) is 12.2. The number of allylic oxidation sites excluding steroid dienone is 5. The van der Waals surface area contributed by atoms with Gasteiger partial charge in [0.15, 0.2) is 0 Å². The number of nitrogens with zero attached hydrogens (tertiary/aromatic N) is 2. The number of aromatic hydroxyl groups is 1. The molecular weight excluding hydrogens is 346 g/mol. The van der Waals surface area contributed by atoms with Crippen molar-refractivity contribution < 1.29 is 9.90 Å². The third-order valence-corrected chi connectivity index (χ3v) is 4.48. The molecule has 0 spiro atoms. The van der Waals surface area contributed by atoms with E-state index in [9.17, 15) is 4.79 Å². The molecule has 1 aromatic carbocycles. The molecule has 5 nitrogen and oxygen atoms in total. The van der Waals surface area contributed by atoms with Crippen molar-refractivity contribution in [2.75, 3.05) is 32.4 Å². The van der Waals surface area contributed by atoms with Crippen LogP contribution in [-0.4, -0.2) is 47.4 Å². The number of rotatable bonds is 9. The second-order valence-electron chi connectivity index (χ2n) is 5.61. The smallest absolute Gasteiger partial charge is 0.209 e. The summed E-state index contributed by atoms with van der Waals surface area (Å²) >= 11 is 1.71. The fourth-order valence-electron chi connectivity index (χ4n) is 1.78. The summed E-state index contributed by atoms with van der Waals surface area (Å²) in [4.78, 5) is 13.3. The number of nitrogens with two attached hydrogens (primary N) is 1. The number of amides is 1. The Kier molecular flexibility index (Phi) is 12.9. The molecule has 144 valence electrons. The molecule has 0 saturated carbocycles. The van der Waals surface area contributed by atoms with Crippen LogP contribution in [-0.2, 0) is 4.79 Å². The summed E-state index contributed by atoms with van der Waals surface area (Å²) in [5.74, 6) is 0.192. The van der Waals surface area contributed by atoms with Crippen molar-refractivity contribution in [3.63, 3.8) is 0 Å². The van der Waals surface area contributed by atoms with E-state index < -0.39 is 0 Å². The third-order valence-electron chi connectivity index (χ3n) is 3.35. The lowest BCUT2D eigenvalue weighted by Gasteiger charge is -2.21. The highest BCUT2D eigenvalue weighted by Gasteiger charge is 2.04. The minimum Gasteiger partial charge on any atom is -0.506 e. The van der Waals surface area contributed by atoms with E-state index in [0.29, 0.717) is 5.69 Å². The molecule has 0 radical (unpaired) electrons. The van der Waals surface area contributed by atoms with Crippen molar-refractivity contribution >= 4 is 24.0 Å². The molecular formula is C20H31N3O2S. The Balaban J connectivity index is 0.000000577. The van der Waals surface area contributed by atoms with Gasteiger partial charge in [-0.3, -0.25) is 4.79 Å². The topological polar surface area (TPSA) is 69.8 Å². The normalized spacial score (nSPS) is 11.2. The van der Waals surface area contributed by atoms with E-state index >= 15 is 0 Å². The van der Waals surface area contributed by atoms with Crippen LogP contribution in [0.25, 0.3) is 0 Å². The first-order valence-electron chi connectivity index (χ1n) is 8.44. The van der Waals surface area contributed by atoms with Crippen LogP contribution in [0.4, 0.5) is 5.69 Å². The summed E-state index contributed by atoms with van der Waals surface area (Å²) in [5, 5.41) is 9.08. The van der Waals surface area contributed by atoms with Crippen LogP contribution >= 0.6 is 11.9 Å². The Morgan fingerprint density at radius 1 is 1.35 bits per heavy atom. The van der Waals surface area contributed by atoms with Crippen molar-refractivity contribution in [1.82, 2.24) is 9.21 Å². The minimum absolute atomic E-state index is 0.192. The number of carbonyl (C=O) groups is 1. The molecule has 0 fully saturated rings. The first-order chi connectivity index (χ1) is 12.3. The van der Waals surface area contributed by atoms with Crippen LogP contribution in [0.2, 0.25) is 0 Å². The maximum Gasteiger partial charge on any atom is 0.209 e. The van der Waals surface area contributed by atoms with Gasteiger partial charge in [0.25, 0.3) is 0 Å². The molecule has 26 heavy (non-hydrogen) atoms. The second-order valence-corrected chi connectivity index (χ2v) is 6.95. The number of benzene rings is 1. The van der Waals surface area contributed by atoms with Gasteiger partial charge in [-0.2, -0.15) is 0 Å². The SMILES string of the molecule is C=C/C=C\C=C(/C)SN(CC)CCN(C)C=O.Cc1cccc(N)c1O. The highest BCUT2D eigenvalue weighted by molar-refractivity contribution is 8.00. The van der Waals surface area contributed by atoms with Gasteiger partial charge in [0.1, 0.15) is 5.75 Å². The van der Waals surface area contributed by atoms with E-state index in [1.165, 1.54) is 4.91 Å². The van der Waals surface area contributed by atoms with Crippen LogP contribution in [0.15, 0.2) is 54.0 Å². The first kappa shape index (κ1) is 23.8. The first-order valence-corrected chi connectivity index (χ1v) is 9.21. The maximum atomic E-state index is 10.5. The van der Waals surface area contributed by atoms with Gasteiger partial charge in [-0.1, -0.05) is 49.9 Å². The number of phenols is 1. The molecule has 0 aromatic heterocycles. The lowest BCUT2D eigenvalue weighted by Crippen LogP contribution is -2.28. The Labute approximate surface area is 162 Å². The maximum absolute atomic E-state index is 10.5. The van der Waals surface area contributed by atoms with Crippen LogP contribution in [0.3, 0.4) is 0 Å². The molecule has 1 rings (SSSR count). The molecule has 1 amide bonds. The second kappa shape index (κ2) is 14.0. The number of carbonyl (C=O) groups excluding carboxylic acids is 1. The van der Waals surface area contributed by atoms with Crippen molar-refractivity contribution in [1.29, 1.82) is 0 Å². The number of likely N-dealkylation sites (N-methyl/N-ethyl adjacent to an activating group) is 2. The molecule has 1 aromatic rings. The molecule has 0 aliphatic carbocycles. The number of anilines is 1. The highest BCUT2D eigenvalue weighted by Crippen LogP contribution is 2.22. The fraction of sp³-hybridized carbons (Fsp3) is 0.350. The van der Waals surface area contributed by atoms with Crippen LogP contribution in [0, 0.1) is 6.92 Å². The van der Waals surface area contributed by atoms with E-state index in [1.54, 1.807) is 36.0 Å². The third kappa shape index (κ3) is 10.6. The van der Waals surface area contributed by atoms with Crippen molar-refractivity contribution in [2.45, 2.75) is 20.8 Å². The summed E-state index contributed by atoms with van der Waals surface area (Å²) in [6.07, 6.45) is 8.54. The number of hydrogen-bond acceptors (Lipinski definition) is 5. The molecule has 0 atom stereocenters. The summed E-state index contributed by atoms with van der Waals surface area (Å²) in [6, 6.07) is 5.29. The van der Waals surface area contributed by atoms with Gasteiger partial charge in [0.2, 0.25) is 6.41 Å². The lowest BCUT2D eigenvalue weighted by molar-refractivity contribution is -0.117. The van der Waals surface area contributed by atoms with Gasteiger partial charge in [-0.15, -0.1) is 0 Å². The van der Waals surface area contributed by atoms with E-state index in [0.717, 1.165) is 31.6 Å². The summed E-state index contributed by atoms with van der Waals surface area (Å²) in [5.41, 5.74) is 6.63. The number of nitrogen functional groups attached to an aromatic ring is 1. The quantitative estimate of drug-likeness (QED) is 0.224. The molecule has 3 N–H and O–H groups in total. The van der Waals surface area contributed by atoms with Crippen molar-refractivity contribution in [3.8, 4) is 5.75 Å². The van der Waals surface area contributed by atoms with Gasteiger partial charge < -0.3 is 15.7 Å². The molecule has 0 aliphatic rings.